The molecule has 0 unspecified atom stereocenters. The third-order valence-electron chi connectivity index (χ3n) is 4.40. The highest BCUT2D eigenvalue weighted by Crippen LogP contribution is 2.31. The number of ether oxygens (including phenoxy) is 2. The molecule has 0 bridgehead atoms. The highest BCUT2D eigenvalue weighted by molar-refractivity contribution is 5.94. The van der Waals surface area contributed by atoms with E-state index in [1.165, 1.54) is 25.3 Å². The monoisotopic (exact) mass is 323 g/mol. The van der Waals surface area contributed by atoms with Gasteiger partial charge in [-0.3, -0.25) is 10.1 Å². The summed E-state index contributed by atoms with van der Waals surface area (Å²) in [5, 5.41) is 13.4. The molecule has 7 heteroatoms. The number of nitro groups is 1. The third kappa shape index (κ3) is 3.98. The first-order valence-corrected chi connectivity index (χ1v) is 7.72. The highest BCUT2D eigenvalue weighted by Gasteiger charge is 2.37. The van der Waals surface area contributed by atoms with Gasteiger partial charge < -0.3 is 14.8 Å². The van der Waals surface area contributed by atoms with Gasteiger partial charge in [-0.1, -0.05) is 0 Å². The van der Waals surface area contributed by atoms with E-state index in [4.69, 9.17) is 9.47 Å². The van der Waals surface area contributed by atoms with Crippen molar-refractivity contribution >= 4 is 11.7 Å². The molecule has 1 saturated heterocycles. The third-order valence-corrected chi connectivity index (χ3v) is 4.40. The number of nitro benzene ring substituents is 1. The molecule has 0 saturated carbocycles. The van der Waals surface area contributed by atoms with Crippen molar-refractivity contribution in [3.8, 4) is 5.75 Å². The summed E-state index contributed by atoms with van der Waals surface area (Å²) in [5.41, 5.74) is -1.01. The topological polar surface area (TPSA) is 95.3 Å². The van der Waals surface area contributed by atoms with Gasteiger partial charge in [-0.2, -0.15) is 0 Å². The zero-order valence-corrected chi connectivity index (χ0v) is 13.7. The van der Waals surface area contributed by atoms with Crippen LogP contribution in [0, 0.1) is 16.0 Å². The van der Waals surface area contributed by atoms with Crippen molar-refractivity contribution in [2.75, 3.05) is 20.2 Å². The van der Waals surface area contributed by atoms with Gasteiger partial charge >= 0.3 is 5.97 Å². The molecule has 1 aromatic carbocycles. The molecule has 1 aromatic rings. The summed E-state index contributed by atoms with van der Waals surface area (Å²) in [5.74, 6) is -0.0806. The number of nitrogens with two attached hydrogens (primary N) is 1. The van der Waals surface area contributed by atoms with E-state index in [0.717, 1.165) is 25.9 Å². The van der Waals surface area contributed by atoms with Crippen LogP contribution >= 0.6 is 0 Å². The van der Waals surface area contributed by atoms with Crippen LogP contribution in [0.4, 0.5) is 5.69 Å². The van der Waals surface area contributed by atoms with Gasteiger partial charge in [0.15, 0.2) is 0 Å². The van der Waals surface area contributed by atoms with Crippen LogP contribution in [-0.2, 0) is 4.74 Å². The largest absolute Gasteiger partial charge is 0.497 e. The minimum absolute atomic E-state index is 0.0498. The number of carbonyl (C=O) groups excluding carboxylic acids is 1. The van der Waals surface area contributed by atoms with Gasteiger partial charge in [-0.15, -0.1) is 0 Å². The standard InChI is InChI=1S/C16H22N2O5/c1-16(2,11-6-8-17-9-7-11)23-15(19)13-5-4-12(22-3)10-14(13)18(20)21/h4-5,10-11,17H,6-9H2,1-3H3/p+1. The number of quaternary nitrogens is 1. The van der Waals surface area contributed by atoms with Gasteiger partial charge in [0.2, 0.25) is 0 Å². The maximum Gasteiger partial charge on any atom is 0.345 e. The van der Waals surface area contributed by atoms with Gasteiger partial charge in [-0.05, 0) is 26.0 Å². The smallest absolute Gasteiger partial charge is 0.345 e. The molecule has 2 rings (SSSR count). The zero-order chi connectivity index (χ0) is 17.0. The van der Waals surface area contributed by atoms with Crippen LogP contribution in [0.2, 0.25) is 0 Å². The van der Waals surface area contributed by atoms with Crippen molar-refractivity contribution in [3.63, 3.8) is 0 Å². The SMILES string of the molecule is COc1ccc(C(=O)OC(C)(C)C2CC[NH2+]CC2)c([N+](=O)[O-])c1. The summed E-state index contributed by atoms with van der Waals surface area (Å²) in [7, 11) is 1.42. The molecule has 0 aromatic heterocycles. The average molecular weight is 323 g/mol. The van der Waals surface area contributed by atoms with E-state index in [1.807, 2.05) is 13.8 Å². The van der Waals surface area contributed by atoms with E-state index in [2.05, 4.69) is 5.32 Å². The molecular weight excluding hydrogens is 300 g/mol. The number of benzene rings is 1. The maximum atomic E-state index is 12.5. The Labute approximate surface area is 135 Å². The van der Waals surface area contributed by atoms with Crippen molar-refractivity contribution in [1.29, 1.82) is 0 Å². The van der Waals surface area contributed by atoms with E-state index < -0.39 is 16.5 Å². The number of carbonyl (C=O) groups is 1. The Bertz CT molecular complexity index is 594. The number of rotatable bonds is 5. The fourth-order valence-electron chi connectivity index (χ4n) is 2.96. The van der Waals surface area contributed by atoms with Crippen molar-refractivity contribution in [2.24, 2.45) is 5.92 Å². The minimum atomic E-state index is -0.668. The lowest BCUT2D eigenvalue weighted by atomic mass is 9.83. The fraction of sp³-hybridized carbons (Fsp3) is 0.562. The molecule has 1 heterocycles. The number of esters is 1. The first-order valence-electron chi connectivity index (χ1n) is 7.72. The highest BCUT2D eigenvalue weighted by atomic mass is 16.6. The second-order valence-electron chi connectivity index (χ2n) is 6.27. The summed E-state index contributed by atoms with van der Waals surface area (Å²) >= 11 is 0. The van der Waals surface area contributed by atoms with Crippen LogP contribution in [0.15, 0.2) is 18.2 Å². The fourth-order valence-corrected chi connectivity index (χ4v) is 2.96. The Morgan fingerprint density at radius 1 is 1.35 bits per heavy atom. The second kappa shape index (κ2) is 6.95. The van der Waals surface area contributed by atoms with E-state index in [-0.39, 0.29) is 17.2 Å². The second-order valence-corrected chi connectivity index (χ2v) is 6.27. The molecule has 0 aliphatic carbocycles. The van der Waals surface area contributed by atoms with E-state index in [1.54, 1.807) is 0 Å². The predicted octanol–water partition coefficient (Wildman–Crippen LogP) is 1.51. The Morgan fingerprint density at radius 3 is 2.57 bits per heavy atom. The molecule has 1 aliphatic heterocycles. The average Bonchev–Trinajstić information content (AvgIpc) is 2.54. The quantitative estimate of drug-likeness (QED) is 0.503. The minimum Gasteiger partial charge on any atom is -0.497 e. The van der Waals surface area contributed by atoms with E-state index in [0.29, 0.717) is 5.75 Å². The molecule has 0 spiro atoms. The van der Waals surface area contributed by atoms with Gasteiger partial charge in [0, 0.05) is 18.8 Å². The molecule has 0 amide bonds. The lowest BCUT2D eigenvalue weighted by molar-refractivity contribution is -0.665. The van der Waals surface area contributed by atoms with Crippen LogP contribution in [-0.4, -0.2) is 36.7 Å². The molecule has 126 valence electrons. The Hall–Kier alpha value is -2.15. The maximum absolute atomic E-state index is 12.5. The van der Waals surface area contributed by atoms with Crippen LogP contribution in [0.3, 0.4) is 0 Å². The van der Waals surface area contributed by atoms with Gasteiger partial charge in [0.25, 0.3) is 5.69 Å². The summed E-state index contributed by atoms with van der Waals surface area (Å²) in [6.07, 6.45) is 1.93. The Kier molecular flexibility index (Phi) is 5.20. The molecule has 1 aliphatic rings. The van der Waals surface area contributed by atoms with Crippen molar-refractivity contribution in [3.05, 3.63) is 33.9 Å². The van der Waals surface area contributed by atoms with Gasteiger partial charge in [-0.25, -0.2) is 4.79 Å². The number of hydrogen-bond acceptors (Lipinski definition) is 5. The van der Waals surface area contributed by atoms with Crippen molar-refractivity contribution in [2.45, 2.75) is 32.3 Å². The molecule has 7 nitrogen and oxygen atoms in total. The van der Waals surface area contributed by atoms with E-state index in [9.17, 15) is 14.9 Å². The number of nitrogens with zero attached hydrogens (tertiary/aromatic N) is 1. The predicted molar refractivity (Wildman–Crippen MR) is 83.5 cm³/mol. The first kappa shape index (κ1) is 17.2. The number of methoxy groups -OCH3 is 1. The number of hydrogen-bond donors (Lipinski definition) is 1. The van der Waals surface area contributed by atoms with Gasteiger partial charge in [0.05, 0.1) is 31.2 Å². The van der Waals surface area contributed by atoms with Crippen LogP contribution in [0.25, 0.3) is 0 Å². The van der Waals surface area contributed by atoms with Gasteiger partial charge in [0.1, 0.15) is 16.9 Å². The zero-order valence-electron chi connectivity index (χ0n) is 13.7. The van der Waals surface area contributed by atoms with E-state index >= 15 is 0 Å². The van der Waals surface area contributed by atoms with Crippen LogP contribution in [0.5, 0.6) is 5.75 Å². The molecule has 23 heavy (non-hydrogen) atoms. The normalized spacial score (nSPS) is 16.0. The molecular formula is C16H23N2O5+. The van der Waals surface area contributed by atoms with Crippen molar-refractivity contribution < 1.29 is 24.5 Å². The summed E-state index contributed by atoms with van der Waals surface area (Å²) in [4.78, 5) is 23.1. The number of piperidine rings is 1. The Balaban J connectivity index is 2.21. The molecule has 2 N–H and O–H groups in total. The lowest BCUT2D eigenvalue weighted by Gasteiger charge is -2.35. The summed E-state index contributed by atoms with van der Waals surface area (Å²) < 4.78 is 10.6. The van der Waals surface area contributed by atoms with Crippen LogP contribution in [0.1, 0.15) is 37.0 Å². The first-order chi connectivity index (χ1) is 10.8. The summed E-state index contributed by atoms with van der Waals surface area (Å²) in [6, 6.07) is 4.13. The van der Waals surface area contributed by atoms with Crippen molar-refractivity contribution in [1.82, 2.24) is 0 Å². The summed E-state index contributed by atoms with van der Waals surface area (Å²) in [6.45, 7) is 5.76. The van der Waals surface area contributed by atoms with Crippen LogP contribution < -0.4 is 10.1 Å². The molecule has 0 radical (unpaired) electrons. The molecule has 1 fully saturated rings. The Morgan fingerprint density at radius 2 is 2.00 bits per heavy atom. The lowest BCUT2D eigenvalue weighted by Crippen LogP contribution is -2.86. The molecule has 0 atom stereocenters.